The Bertz CT molecular complexity index is 712. The monoisotopic (exact) mass is 293 g/mol. The summed E-state index contributed by atoms with van der Waals surface area (Å²) < 4.78 is 6.12. The van der Waals surface area contributed by atoms with Gasteiger partial charge < -0.3 is 9.64 Å². The first-order valence-electron chi connectivity index (χ1n) is 7.75. The van der Waals surface area contributed by atoms with E-state index in [-0.39, 0.29) is 11.9 Å². The number of ether oxygens (including phenoxy) is 1. The zero-order valence-corrected chi connectivity index (χ0v) is 12.7. The van der Waals surface area contributed by atoms with Crippen LogP contribution in [0.15, 0.2) is 54.6 Å². The molecule has 0 unspecified atom stereocenters. The molecule has 2 heterocycles. The molecule has 0 aromatic heterocycles. The van der Waals surface area contributed by atoms with E-state index < -0.39 is 5.72 Å². The summed E-state index contributed by atoms with van der Waals surface area (Å²) in [4.78, 5) is 14.9. The highest BCUT2D eigenvalue weighted by atomic mass is 16.5. The lowest BCUT2D eigenvalue weighted by Crippen LogP contribution is -2.47. The van der Waals surface area contributed by atoms with Gasteiger partial charge in [0.25, 0.3) is 0 Å². The van der Waals surface area contributed by atoms with Crippen molar-refractivity contribution >= 4 is 5.91 Å². The van der Waals surface area contributed by atoms with Crippen LogP contribution in [0, 0.1) is 0 Å². The number of benzene rings is 2. The predicted molar refractivity (Wildman–Crippen MR) is 84.2 cm³/mol. The van der Waals surface area contributed by atoms with Crippen molar-refractivity contribution in [2.75, 3.05) is 6.61 Å². The molecule has 22 heavy (non-hydrogen) atoms. The number of hydrogen-bond acceptors (Lipinski definition) is 2. The molecule has 3 heteroatoms. The van der Waals surface area contributed by atoms with Crippen LogP contribution >= 0.6 is 0 Å². The summed E-state index contributed by atoms with van der Waals surface area (Å²) in [6, 6.07) is 18.4. The molecular formula is C19H19NO2. The second kappa shape index (κ2) is 4.96. The van der Waals surface area contributed by atoms with Crippen LogP contribution in [0.3, 0.4) is 0 Å². The maximum absolute atomic E-state index is 12.9. The van der Waals surface area contributed by atoms with E-state index in [4.69, 9.17) is 4.74 Å². The van der Waals surface area contributed by atoms with Gasteiger partial charge in [0.2, 0.25) is 5.91 Å². The molecule has 0 radical (unpaired) electrons. The summed E-state index contributed by atoms with van der Waals surface area (Å²) in [5.41, 5.74) is 2.93. The molecule has 0 N–H and O–H groups in total. The van der Waals surface area contributed by atoms with E-state index in [1.165, 1.54) is 5.56 Å². The summed E-state index contributed by atoms with van der Waals surface area (Å²) in [7, 11) is 0. The summed E-state index contributed by atoms with van der Waals surface area (Å²) >= 11 is 0. The standard InChI is InChI=1S/C19H19NO2/c1-19-12-16-10-6-5-9-15(16)11-18(21)20(19)17(13-22-19)14-7-3-2-4-8-14/h2-10,17H,11-13H2,1H3/t17-,19+/m0/s1. The molecule has 1 saturated heterocycles. The fraction of sp³-hybridized carbons (Fsp3) is 0.316. The van der Waals surface area contributed by atoms with E-state index in [9.17, 15) is 4.79 Å². The Morgan fingerprint density at radius 3 is 2.50 bits per heavy atom. The molecule has 112 valence electrons. The molecule has 3 nitrogen and oxygen atoms in total. The minimum Gasteiger partial charge on any atom is -0.353 e. The molecule has 2 aromatic carbocycles. The molecule has 0 spiro atoms. The fourth-order valence-corrected chi connectivity index (χ4v) is 3.73. The summed E-state index contributed by atoms with van der Waals surface area (Å²) in [5, 5.41) is 0. The second-order valence-electron chi connectivity index (χ2n) is 6.30. The Morgan fingerprint density at radius 2 is 1.73 bits per heavy atom. The van der Waals surface area contributed by atoms with E-state index in [2.05, 4.69) is 24.3 Å². The van der Waals surface area contributed by atoms with Gasteiger partial charge in [-0.25, -0.2) is 0 Å². The number of fused-ring (bicyclic) bond motifs is 2. The number of amides is 1. The Hall–Kier alpha value is -2.13. The Kier molecular flexibility index (Phi) is 3.05. The molecule has 1 amide bonds. The van der Waals surface area contributed by atoms with E-state index in [1.54, 1.807) is 0 Å². The van der Waals surface area contributed by atoms with Crippen molar-refractivity contribution in [3.63, 3.8) is 0 Å². The van der Waals surface area contributed by atoms with Gasteiger partial charge in [0.1, 0.15) is 5.72 Å². The predicted octanol–water partition coefficient (Wildman–Crippen LogP) is 3.10. The zero-order chi connectivity index (χ0) is 15.2. The maximum atomic E-state index is 12.9. The van der Waals surface area contributed by atoms with Gasteiger partial charge in [-0.1, -0.05) is 54.6 Å². The third kappa shape index (κ3) is 2.04. The Balaban J connectivity index is 1.76. The SMILES string of the molecule is C[C@@]12Cc3ccccc3CC(=O)N1[C@H](c1ccccc1)CO2. The van der Waals surface area contributed by atoms with Crippen molar-refractivity contribution in [3.05, 3.63) is 71.3 Å². The van der Waals surface area contributed by atoms with Gasteiger partial charge in [-0.2, -0.15) is 0 Å². The maximum Gasteiger partial charge on any atom is 0.229 e. The topological polar surface area (TPSA) is 29.5 Å². The van der Waals surface area contributed by atoms with Gasteiger partial charge in [0, 0.05) is 6.42 Å². The van der Waals surface area contributed by atoms with Crippen molar-refractivity contribution < 1.29 is 9.53 Å². The normalized spacial score (nSPS) is 27.2. The number of nitrogens with zero attached hydrogens (tertiary/aromatic N) is 1. The van der Waals surface area contributed by atoms with E-state index in [0.29, 0.717) is 13.0 Å². The van der Waals surface area contributed by atoms with E-state index in [1.807, 2.05) is 42.2 Å². The molecule has 2 aliphatic heterocycles. The van der Waals surface area contributed by atoms with E-state index >= 15 is 0 Å². The van der Waals surface area contributed by atoms with Crippen LogP contribution in [0.25, 0.3) is 0 Å². The lowest BCUT2D eigenvalue weighted by atomic mass is 9.99. The first-order valence-corrected chi connectivity index (χ1v) is 7.75. The number of rotatable bonds is 1. The molecule has 0 aliphatic carbocycles. The van der Waals surface area contributed by atoms with Gasteiger partial charge >= 0.3 is 0 Å². The van der Waals surface area contributed by atoms with Crippen LogP contribution in [-0.4, -0.2) is 23.1 Å². The molecule has 2 aromatic rings. The second-order valence-corrected chi connectivity index (χ2v) is 6.30. The zero-order valence-electron chi connectivity index (χ0n) is 12.7. The smallest absolute Gasteiger partial charge is 0.229 e. The fourth-order valence-electron chi connectivity index (χ4n) is 3.73. The highest BCUT2D eigenvalue weighted by molar-refractivity contribution is 5.81. The molecule has 1 fully saturated rings. The molecule has 4 rings (SSSR count). The lowest BCUT2D eigenvalue weighted by Gasteiger charge is -2.35. The van der Waals surface area contributed by atoms with Gasteiger partial charge in [-0.15, -0.1) is 0 Å². The van der Waals surface area contributed by atoms with Crippen LogP contribution in [0.1, 0.15) is 29.7 Å². The quantitative estimate of drug-likeness (QED) is 0.808. The van der Waals surface area contributed by atoms with Crippen LogP contribution in [0.4, 0.5) is 0 Å². The molecular weight excluding hydrogens is 274 g/mol. The van der Waals surface area contributed by atoms with Crippen molar-refractivity contribution in [3.8, 4) is 0 Å². The van der Waals surface area contributed by atoms with Gasteiger partial charge in [0.05, 0.1) is 19.1 Å². The summed E-state index contributed by atoms with van der Waals surface area (Å²) in [6.07, 6.45) is 1.21. The third-order valence-electron chi connectivity index (χ3n) is 4.80. The first kappa shape index (κ1) is 13.5. The minimum absolute atomic E-state index is 0.00742. The van der Waals surface area contributed by atoms with Crippen LogP contribution in [0.2, 0.25) is 0 Å². The molecule has 2 aliphatic rings. The van der Waals surface area contributed by atoms with E-state index in [0.717, 1.165) is 17.5 Å². The highest BCUT2D eigenvalue weighted by Crippen LogP contribution is 2.41. The van der Waals surface area contributed by atoms with Gasteiger partial charge in [-0.3, -0.25) is 4.79 Å². The van der Waals surface area contributed by atoms with Crippen LogP contribution < -0.4 is 0 Å². The number of carbonyl (C=O) groups is 1. The summed E-state index contributed by atoms with van der Waals surface area (Å²) in [5.74, 6) is 0.152. The van der Waals surface area contributed by atoms with Gasteiger partial charge in [-0.05, 0) is 23.6 Å². The lowest BCUT2D eigenvalue weighted by molar-refractivity contribution is -0.146. The third-order valence-corrected chi connectivity index (χ3v) is 4.80. The highest BCUT2D eigenvalue weighted by Gasteiger charge is 2.48. The van der Waals surface area contributed by atoms with Crippen molar-refractivity contribution in [1.82, 2.24) is 4.90 Å². The average molecular weight is 293 g/mol. The van der Waals surface area contributed by atoms with Gasteiger partial charge in [0.15, 0.2) is 0 Å². The largest absolute Gasteiger partial charge is 0.353 e. The van der Waals surface area contributed by atoms with Crippen molar-refractivity contribution in [1.29, 1.82) is 0 Å². The Labute approximate surface area is 130 Å². The van der Waals surface area contributed by atoms with Crippen LogP contribution in [0.5, 0.6) is 0 Å². The van der Waals surface area contributed by atoms with Crippen LogP contribution in [-0.2, 0) is 22.4 Å². The van der Waals surface area contributed by atoms with Crippen molar-refractivity contribution in [2.45, 2.75) is 31.5 Å². The molecule has 2 atom stereocenters. The Morgan fingerprint density at radius 1 is 1.05 bits per heavy atom. The minimum atomic E-state index is -0.551. The number of hydrogen-bond donors (Lipinski definition) is 0. The average Bonchev–Trinajstić information content (AvgIpc) is 2.82. The van der Waals surface area contributed by atoms with Crippen molar-refractivity contribution in [2.24, 2.45) is 0 Å². The number of carbonyl (C=O) groups excluding carboxylic acids is 1. The molecule has 0 bridgehead atoms. The first-order chi connectivity index (χ1) is 10.7. The molecule has 0 saturated carbocycles. The summed E-state index contributed by atoms with van der Waals surface area (Å²) in [6.45, 7) is 2.60.